The van der Waals surface area contributed by atoms with E-state index in [-0.39, 0.29) is 0 Å². The van der Waals surface area contributed by atoms with Crippen LogP contribution < -0.4 is 29.3 Å². The summed E-state index contributed by atoms with van der Waals surface area (Å²) >= 11 is 0. The van der Waals surface area contributed by atoms with Crippen molar-refractivity contribution in [3.8, 4) is 17.2 Å². The van der Waals surface area contributed by atoms with Crippen LogP contribution in [0.3, 0.4) is 0 Å². The summed E-state index contributed by atoms with van der Waals surface area (Å²) in [6.45, 7) is 4.51. The molecule has 0 saturated carbocycles. The van der Waals surface area contributed by atoms with Gasteiger partial charge in [0.05, 0.1) is 21.3 Å². The number of ether oxygens (including phenoxy) is 3. The van der Waals surface area contributed by atoms with E-state index in [9.17, 15) is 0 Å². The summed E-state index contributed by atoms with van der Waals surface area (Å²) in [6.07, 6.45) is 7.26. The van der Waals surface area contributed by atoms with E-state index in [0.717, 1.165) is 43.6 Å². The highest BCUT2D eigenvalue weighted by Gasteiger charge is 2.20. The van der Waals surface area contributed by atoms with Crippen molar-refractivity contribution < 1.29 is 14.2 Å². The van der Waals surface area contributed by atoms with E-state index >= 15 is 0 Å². The second kappa shape index (κ2) is 10.6. The van der Waals surface area contributed by atoms with E-state index in [1.54, 1.807) is 21.3 Å². The van der Waals surface area contributed by atoms with Crippen molar-refractivity contribution in [1.82, 2.24) is 15.0 Å². The Bertz CT molecular complexity index is 836. The molecular weight excluding hydrogens is 408 g/mol. The zero-order valence-electron chi connectivity index (χ0n) is 19.4. The number of hydrogen-bond donors (Lipinski definition) is 1. The first kappa shape index (κ1) is 22.2. The van der Waals surface area contributed by atoms with Crippen molar-refractivity contribution in [3.63, 3.8) is 0 Å². The molecule has 9 heteroatoms. The van der Waals surface area contributed by atoms with Crippen molar-refractivity contribution >= 4 is 17.8 Å². The fourth-order valence-corrected chi connectivity index (χ4v) is 4.32. The first-order chi connectivity index (χ1) is 15.7. The van der Waals surface area contributed by atoms with Crippen LogP contribution in [0.2, 0.25) is 0 Å². The first-order valence-corrected chi connectivity index (χ1v) is 11.5. The van der Waals surface area contributed by atoms with Gasteiger partial charge in [-0.05, 0) is 56.2 Å². The van der Waals surface area contributed by atoms with Gasteiger partial charge in [0, 0.05) is 32.7 Å². The van der Waals surface area contributed by atoms with Gasteiger partial charge < -0.3 is 29.3 Å². The third-order valence-electron chi connectivity index (χ3n) is 6.06. The fraction of sp³-hybridized carbons (Fsp3) is 0.609. The van der Waals surface area contributed by atoms with Gasteiger partial charge in [0.2, 0.25) is 23.6 Å². The number of aromatic nitrogens is 3. The Labute approximate surface area is 190 Å². The van der Waals surface area contributed by atoms with Crippen molar-refractivity contribution in [2.75, 3.05) is 62.6 Å². The van der Waals surface area contributed by atoms with Crippen LogP contribution in [0.4, 0.5) is 17.8 Å². The Balaban J connectivity index is 1.58. The number of anilines is 3. The summed E-state index contributed by atoms with van der Waals surface area (Å²) in [5.74, 6) is 3.97. The molecule has 2 aliphatic rings. The minimum absolute atomic E-state index is 0.527. The Kier molecular flexibility index (Phi) is 7.34. The van der Waals surface area contributed by atoms with Gasteiger partial charge in [-0.25, -0.2) is 0 Å². The quantitative estimate of drug-likeness (QED) is 0.660. The molecule has 1 N–H and O–H groups in total. The Hall–Kier alpha value is -2.97. The monoisotopic (exact) mass is 442 g/mol. The van der Waals surface area contributed by atoms with E-state index in [1.165, 1.54) is 38.5 Å². The van der Waals surface area contributed by atoms with E-state index in [4.69, 9.17) is 29.2 Å². The standard InChI is InChI=1S/C23H34N6O3/c1-30-18-14-17(15-19(31-2)20(18)32-3)16-24-21-25-22(28-10-6-4-7-11-28)27-23(26-21)29-12-8-5-9-13-29/h14-15H,4-13,16H2,1-3H3,(H,24,25,26,27). The van der Waals surface area contributed by atoms with Crippen molar-refractivity contribution in [2.45, 2.75) is 45.1 Å². The van der Waals surface area contributed by atoms with E-state index in [0.29, 0.717) is 29.7 Å². The molecule has 2 fully saturated rings. The molecule has 2 saturated heterocycles. The fourth-order valence-electron chi connectivity index (χ4n) is 4.32. The SMILES string of the molecule is COc1cc(CNc2nc(N3CCCCC3)nc(N3CCCCC3)n2)cc(OC)c1OC. The highest BCUT2D eigenvalue weighted by atomic mass is 16.5. The van der Waals surface area contributed by atoms with Gasteiger partial charge in [-0.3, -0.25) is 0 Å². The number of rotatable bonds is 8. The lowest BCUT2D eigenvalue weighted by Gasteiger charge is -2.30. The lowest BCUT2D eigenvalue weighted by Crippen LogP contribution is -2.34. The number of nitrogens with zero attached hydrogens (tertiary/aromatic N) is 5. The van der Waals surface area contributed by atoms with Crippen molar-refractivity contribution in [2.24, 2.45) is 0 Å². The van der Waals surface area contributed by atoms with Crippen LogP contribution in [0.15, 0.2) is 12.1 Å². The van der Waals surface area contributed by atoms with Crippen LogP contribution in [0.25, 0.3) is 0 Å². The van der Waals surface area contributed by atoms with Crippen LogP contribution in [-0.4, -0.2) is 62.5 Å². The van der Waals surface area contributed by atoms with Gasteiger partial charge in [-0.2, -0.15) is 15.0 Å². The number of methoxy groups -OCH3 is 3. The Morgan fingerprint density at radius 2 is 1.22 bits per heavy atom. The topological polar surface area (TPSA) is 84.9 Å². The maximum absolute atomic E-state index is 5.48. The zero-order chi connectivity index (χ0) is 22.3. The van der Waals surface area contributed by atoms with Crippen LogP contribution in [0.1, 0.15) is 44.1 Å². The van der Waals surface area contributed by atoms with Gasteiger partial charge in [0.25, 0.3) is 0 Å². The highest BCUT2D eigenvalue weighted by molar-refractivity contribution is 5.54. The molecule has 2 aliphatic heterocycles. The summed E-state index contributed by atoms with van der Waals surface area (Å²) < 4.78 is 16.4. The second-order valence-electron chi connectivity index (χ2n) is 8.24. The smallest absolute Gasteiger partial charge is 0.231 e. The van der Waals surface area contributed by atoms with Crippen molar-refractivity contribution in [1.29, 1.82) is 0 Å². The Morgan fingerprint density at radius 3 is 1.66 bits per heavy atom. The predicted octanol–water partition coefficient (Wildman–Crippen LogP) is 3.49. The summed E-state index contributed by atoms with van der Waals surface area (Å²) in [4.78, 5) is 18.9. The molecule has 0 aliphatic carbocycles. The maximum atomic E-state index is 5.48. The predicted molar refractivity (Wildman–Crippen MR) is 125 cm³/mol. The molecule has 0 amide bonds. The number of piperidine rings is 2. The second-order valence-corrected chi connectivity index (χ2v) is 8.24. The van der Waals surface area contributed by atoms with Gasteiger partial charge in [0.15, 0.2) is 11.5 Å². The normalized spacial score (nSPS) is 16.6. The number of nitrogens with one attached hydrogen (secondary N) is 1. The lowest BCUT2D eigenvalue weighted by atomic mass is 10.1. The summed E-state index contributed by atoms with van der Waals surface area (Å²) in [5, 5.41) is 3.39. The molecular formula is C23H34N6O3. The molecule has 174 valence electrons. The van der Waals surface area contributed by atoms with E-state index < -0.39 is 0 Å². The molecule has 32 heavy (non-hydrogen) atoms. The van der Waals surface area contributed by atoms with Gasteiger partial charge in [-0.15, -0.1) is 0 Å². The van der Waals surface area contributed by atoms with Crippen LogP contribution in [-0.2, 0) is 6.54 Å². The van der Waals surface area contributed by atoms with Gasteiger partial charge >= 0.3 is 0 Å². The van der Waals surface area contributed by atoms with Gasteiger partial charge in [0.1, 0.15) is 0 Å². The molecule has 1 aromatic heterocycles. The molecule has 0 bridgehead atoms. The minimum atomic E-state index is 0.527. The van der Waals surface area contributed by atoms with Crippen LogP contribution in [0.5, 0.6) is 17.2 Å². The third kappa shape index (κ3) is 5.08. The Morgan fingerprint density at radius 1 is 0.719 bits per heavy atom. The molecule has 0 unspecified atom stereocenters. The van der Waals surface area contributed by atoms with Gasteiger partial charge in [-0.1, -0.05) is 0 Å². The molecule has 0 radical (unpaired) electrons. The summed E-state index contributed by atoms with van der Waals surface area (Å²) in [6, 6.07) is 3.87. The molecule has 1 aromatic carbocycles. The summed E-state index contributed by atoms with van der Waals surface area (Å²) in [7, 11) is 4.85. The zero-order valence-corrected chi connectivity index (χ0v) is 19.4. The molecule has 3 heterocycles. The molecule has 9 nitrogen and oxygen atoms in total. The highest BCUT2D eigenvalue weighted by Crippen LogP contribution is 2.38. The molecule has 4 rings (SSSR count). The molecule has 0 spiro atoms. The maximum Gasteiger partial charge on any atom is 0.231 e. The number of benzene rings is 1. The van der Waals surface area contributed by atoms with E-state index in [2.05, 4.69) is 15.1 Å². The average molecular weight is 443 g/mol. The third-order valence-corrected chi connectivity index (χ3v) is 6.06. The van der Waals surface area contributed by atoms with Crippen molar-refractivity contribution in [3.05, 3.63) is 17.7 Å². The first-order valence-electron chi connectivity index (χ1n) is 11.5. The van der Waals surface area contributed by atoms with E-state index in [1.807, 2.05) is 12.1 Å². The molecule has 2 aromatic rings. The largest absolute Gasteiger partial charge is 0.493 e. The van der Waals surface area contributed by atoms with Crippen LogP contribution in [0, 0.1) is 0 Å². The minimum Gasteiger partial charge on any atom is -0.493 e. The molecule has 0 atom stereocenters. The number of hydrogen-bond acceptors (Lipinski definition) is 9. The van der Waals surface area contributed by atoms with Crippen LogP contribution >= 0.6 is 0 Å². The average Bonchev–Trinajstić information content (AvgIpc) is 2.87. The lowest BCUT2D eigenvalue weighted by molar-refractivity contribution is 0.324. The summed E-state index contributed by atoms with van der Waals surface area (Å²) in [5.41, 5.74) is 0.985.